The average Bonchev–Trinajstić information content (AvgIpc) is 2.87. The van der Waals surface area contributed by atoms with Gasteiger partial charge in [0.2, 0.25) is 0 Å². The van der Waals surface area contributed by atoms with Gasteiger partial charge in [0, 0.05) is 11.1 Å². The number of ether oxygens (including phenoxy) is 1. The molecule has 0 radical (unpaired) electrons. The molecule has 0 bridgehead atoms. The van der Waals surface area contributed by atoms with E-state index >= 15 is 0 Å². The van der Waals surface area contributed by atoms with E-state index in [4.69, 9.17) is 22.1 Å². The summed E-state index contributed by atoms with van der Waals surface area (Å²) in [4.78, 5) is 0. The number of hydrogen-bond donors (Lipinski definition) is 1. The number of halogens is 1. The molecular weight excluding hydrogens is 266 g/mol. The van der Waals surface area contributed by atoms with Crippen molar-refractivity contribution in [2.75, 3.05) is 6.61 Å². The molecule has 2 nitrogen and oxygen atoms in total. The van der Waals surface area contributed by atoms with E-state index in [0.29, 0.717) is 11.6 Å². The molecule has 0 aliphatic heterocycles. The molecule has 1 heterocycles. The first-order valence-corrected chi connectivity index (χ1v) is 7.21. The van der Waals surface area contributed by atoms with Crippen molar-refractivity contribution in [3.8, 4) is 5.75 Å². The van der Waals surface area contributed by atoms with Crippen molar-refractivity contribution in [2.24, 2.45) is 5.73 Å². The van der Waals surface area contributed by atoms with Crippen LogP contribution in [0.1, 0.15) is 12.0 Å². The third kappa shape index (κ3) is 4.33. The van der Waals surface area contributed by atoms with E-state index in [1.54, 1.807) is 17.4 Å². The molecule has 0 fully saturated rings. The van der Waals surface area contributed by atoms with Crippen LogP contribution >= 0.6 is 22.9 Å². The first kappa shape index (κ1) is 13.4. The van der Waals surface area contributed by atoms with Crippen molar-refractivity contribution in [1.29, 1.82) is 0 Å². The molecule has 0 saturated carbocycles. The summed E-state index contributed by atoms with van der Waals surface area (Å²) in [6.45, 7) is 0.518. The van der Waals surface area contributed by atoms with Gasteiger partial charge in [-0.15, -0.1) is 0 Å². The molecule has 2 N–H and O–H groups in total. The number of thiophene rings is 1. The summed E-state index contributed by atoms with van der Waals surface area (Å²) in [6, 6.07) is 9.56. The molecule has 0 aliphatic carbocycles. The van der Waals surface area contributed by atoms with Gasteiger partial charge in [-0.2, -0.15) is 11.3 Å². The highest BCUT2D eigenvalue weighted by molar-refractivity contribution is 7.07. The Morgan fingerprint density at radius 1 is 1.33 bits per heavy atom. The molecule has 1 aromatic carbocycles. The number of rotatable bonds is 6. The van der Waals surface area contributed by atoms with E-state index in [1.807, 2.05) is 18.2 Å². The van der Waals surface area contributed by atoms with Gasteiger partial charge in [0.1, 0.15) is 12.4 Å². The Bertz CT molecular complexity index is 472. The molecule has 1 atom stereocenters. The number of hydrogen-bond acceptors (Lipinski definition) is 3. The zero-order valence-corrected chi connectivity index (χ0v) is 11.6. The lowest BCUT2D eigenvalue weighted by molar-refractivity contribution is 0.282. The van der Waals surface area contributed by atoms with Crippen LogP contribution in [-0.4, -0.2) is 12.6 Å². The molecule has 4 heteroatoms. The van der Waals surface area contributed by atoms with Crippen molar-refractivity contribution >= 4 is 22.9 Å². The van der Waals surface area contributed by atoms with Gasteiger partial charge in [-0.25, -0.2) is 0 Å². The van der Waals surface area contributed by atoms with E-state index in [0.717, 1.165) is 18.6 Å². The second kappa shape index (κ2) is 6.78. The Morgan fingerprint density at radius 3 is 2.94 bits per heavy atom. The van der Waals surface area contributed by atoms with Crippen LogP contribution in [0.15, 0.2) is 41.1 Å². The molecule has 1 unspecified atom stereocenters. The van der Waals surface area contributed by atoms with E-state index in [-0.39, 0.29) is 6.04 Å². The van der Waals surface area contributed by atoms with Crippen molar-refractivity contribution in [3.63, 3.8) is 0 Å². The van der Waals surface area contributed by atoms with Crippen LogP contribution in [0.3, 0.4) is 0 Å². The SMILES string of the molecule is NC(CCc1ccsc1)COc1cccc(Cl)c1. The van der Waals surface area contributed by atoms with E-state index in [1.165, 1.54) is 5.56 Å². The standard InChI is InChI=1S/C14H16ClNOS/c15-12-2-1-3-14(8-12)17-9-13(16)5-4-11-6-7-18-10-11/h1-3,6-8,10,13H,4-5,9,16H2. The predicted molar refractivity (Wildman–Crippen MR) is 77.6 cm³/mol. The van der Waals surface area contributed by atoms with Crippen molar-refractivity contribution in [1.82, 2.24) is 0 Å². The number of nitrogens with two attached hydrogens (primary N) is 1. The predicted octanol–water partition coefficient (Wildman–Crippen LogP) is 3.74. The Balaban J connectivity index is 1.73. The Morgan fingerprint density at radius 2 is 2.22 bits per heavy atom. The van der Waals surface area contributed by atoms with E-state index < -0.39 is 0 Å². The maximum absolute atomic E-state index is 6.02. The zero-order chi connectivity index (χ0) is 12.8. The minimum absolute atomic E-state index is 0.0453. The van der Waals surface area contributed by atoms with Crippen LogP contribution in [0.4, 0.5) is 0 Å². The highest BCUT2D eigenvalue weighted by atomic mass is 35.5. The number of aryl methyl sites for hydroxylation is 1. The second-order valence-corrected chi connectivity index (χ2v) is 5.42. The van der Waals surface area contributed by atoms with Gasteiger partial charge < -0.3 is 10.5 Å². The van der Waals surface area contributed by atoms with Gasteiger partial charge in [-0.1, -0.05) is 17.7 Å². The van der Waals surface area contributed by atoms with Crippen LogP contribution in [-0.2, 0) is 6.42 Å². The zero-order valence-electron chi connectivity index (χ0n) is 10.0. The molecule has 2 aromatic rings. The second-order valence-electron chi connectivity index (χ2n) is 4.20. The molecule has 0 spiro atoms. The Labute approximate surface area is 116 Å². The molecule has 0 amide bonds. The maximum Gasteiger partial charge on any atom is 0.120 e. The topological polar surface area (TPSA) is 35.2 Å². The monoisotopic (exact) mass is 281 g/mol. The lowest BCUT2D eigenvalue weighted by Crippen LogP contribution is -2.28. The fourth-order valence-corrected chi connectivity index (χ4v) is 2.51. The molecule has 2 rings (SSSR count). The van der Waals surface area contributed by atoms with Gasteiger partial charge in [0.15, 0.2) is 0 Å². The fraction of sp³-hybridized carbons (Fsp3) is 0.286. The first-order chi connectivity index (χ1) is 8.74. The van der Waals surface area contributed by atoms with E-state index in [9.17, 15) is 0 Å². The molecule has 0 aliphatic rings. The largest absolute Gasteiger partial charge is 0.492 e. The lowest BCUT2D eigenvalue weighted by Gasteiger charge is -2.12. The quantitative estimate of drug-likeness (QED) is 0.875. The summed E-state index contributed by atoms with van der Waals surface area (Å²) in [6.07, 6.45) is 1.93. The fourth-order valence-electron chi connectivity index (χ4n) is 1.63. The van der Waals surface area contributed by atoms with Crippen LogP contribution < -0.4 is 10.5 Å². The van der Waals surface area contributed by atoms with Gasteiger partial charge in [0.25, 0.3) is 0 Å². The van der Waals surface area contributed by atoms with Gasteiger partial charge >= 0.3 is 0 Å². The normalized spacial score (nSPS) is 12.3. The van der Waals surface area contributed by atoms with Crippen LogP contribution in [0.25, 0.3) is 0 Å². The first-order valence-electron chi connectivity index (χ1n) is 5.89. The van der Waals surface area contributed by atoms with Gasteiger partial charge in [-0.3, -0.25) is 0 Å². The summed E-state index contributed by atoms with van der Waals surface area (Å²) >= 11 is 7.60. The minimum Gasteiger partial charge on any atom is -0.492 e. The molecule has 1 aromatic heterocycles. The summed E-state index contributed by atoms with van der Waals surface area (Å²) in [5.41, 5.74) is 7.37. The van der Waals surface area contributed by atoms with Crippen molar-refractivity contribution in [2.45, 2.75) is 18.9 Å². The van der Waals surface area contributed by atoms with Gasteiger partial charge in [-0.05, 0) is 53.4 Å². The summed E-state index contributed by atoms with van der Waals surface area (Å²) < 4.78 is 5.61. The highest BCUT2D eigenvalue weighted by Crippen LogP contribution is 2.17. The third-order valence-corrected chi connectivity index (χ3v) is 3.61. The van der Waals surface area contributed by atoms with Crippen LogP contribution in [0.5, 0.6) is 5.75 Å². The smallest absolute Gasteiger partial charge is 0.120 e. The third-order valence-electron chi connectivity index (χ3n) is 2.64. The summed E-state index contributed by atoms with van der Waals surface area (Å²) in [5.74, 6) is 0.772. The van der Waals surface area contributed by atoms with Crippen molar-refractivity contribution in [3.05, 3.63) is 51.7 Å². The lowest BCUT2D eigenvalue weighted by atomic mass is 10.1. The summed E-state index contributed by atoms with van der Waals surface area (Å²) in [7, 11) is 0. The Hall–Kier alpha value is -1.03. The van der Waals surface area contributed by atoms with Gasteiger partial charge in [0.05, 0.1) is 0 Å². The van der Waals surface area contributed by atoms with Crippen LogP contribution in [0.2, 0.25) is 5.02 Å². The Kier molecular flexibility index (Phi) is 5.05. The molecular formula is C14H16ClNOS. The van der Waals surface area contributed by atoms with Crippen molar-refractivity contribution < 1.29 is 4.74 Å². The van der Waals surface area contributed by atoms with Crippen LogP contribution in [0, 0.1) is 0 Å². The average molecular weight is 282 g/mol. The minimum atomic E-state index is 0.0453. The number of benzene rings is 1. The highest BCUT2D eigenvalue weighted by Gasteiger charge is 2.05. The maximum atomic E-state index is 6.02. The molecule has 0 saturated heterocycles. The molecule has 96 valence electrons. The molecule has 18 heavy (non-hydrogen) atoms. The summed E-state index contributed by atoms with van der Waals surface area (Å²) in [5, 5.41) is 4.92. The van der Waals surface area contributed by atoms with E-state index in [2.05, 4.69) is 16.8 Å².